The molecule has 1 aromatic heterocycles. The lowest BCUT2D eigenvalue weighted by Gasteiger charge is -2.05. The third kappa shape index (κ3) is 4.92. The summed E-state index contributed by atoms with van der Waals surface area (Å²) in [5.41, 5.74) is 1.62. The smallest absolute Gasteiger partial charge is 0.350 e. The van der Waals surface area contributed by atoms with E-state index in [-0.39, 0.29) is 19.1 Å². The molecular formula is C17H18N2O4S. The molecule has 0 spiro atoms. The molecule has 0 fully saturated rings. The second-order valence-electron chi connectivity index (χ2n) is 4.97. The zero-order valence-electron chi connectivity index (χ0n) is 13.5. The zero-order valence-corrected chi connectivity index (χ0v) is 14.3. The standard InChI is InChI=1S/C17H18N2O4S/c1-4-9-22-16(21)15-12(3)18-17(24-15)19-14(20)10-23-13-7-5-11(2)6-8-13/h4-8H,1,9-10H2,2-3H3,(H,18,19,20). The molecule has 24 heavy (non-hydrogen) atoms. The van der Waals surface area contributed by atoms with E-state index in [9.17, 15) is 9.59 Å². The molecule has 0 saturated heterocycles. The van der Waals surface area contributed by atoms with Crippen LogP contribution in [0.3, 0.4) is 0 Å². The van der Waals surface area contributed by atoms with Crippen molar-refractivity contribution in [3.05, 3.63) is 53.1 Å². The van der Waals surface area contributed by atoms with Gasteiger partial charge in [0.1, 0.15) is 17.2 Å². The molecular weight excluding hydrogens is 328 g/mol. The van der Waals surface area contributed by atoms with Gasteiger partial charge in [-0.05, 0) is 26.0 Å². The largest absolute Gasteiger partial charge is 0.484 e. The third-order valence-corrected chi connectivity index (χ3v) is 4.00. The normalized spacial score (nSPS) is 10.1. The SMILES string of the molecule is C=CCOC(=O)c1sc(NC(=O)COc2ccc(C)cc2)nc1C. The van der Waals surface area contributed by atoms with Crippen LogP contribution in [0.25, 0.3) is 0 Å². The maximum atomic E-state index is 11.9. The monoisotopic (exact) mass is 346 g/mol. The Morgan fingerprint density at radius 3 is 2.67 bits per heavy atom. The quantitative estimate of drug-likeness (QED) is 0.616. The van der Waals surface area contributed by atoms with Crippen LogP contribution in [0.2, 0.25) is 0 Å². The molecule has 0 aliphatic carbocycles. The van der Waals surface area contributed by atoms with Gasteiger partial charge in [-0.3, -0.25) is 10.1 Å². The van der Waals surface area contributed by atoms with Gasteiger partial charge in [0.2, 0.25) is 0 Å². The fraction of sp³-hybridized carbons (Fsp3) is 0.235. The van der Waals surface area contributed by atoms with Crippen LogP contribution < -0.4 is 10.1 Å². The maximum Gasteiger partial charge on any atom is 0.350 e. The van der Waals surface area contributed by atoms with Crippen LogP contribution in [-0.2, 0) is 9.53 Å². The van der Waals surface area contributed by atoms with Gasteiger partial charge in [0.15, 0.2) is 11.7 Å². The first-order valence-electron chi connectivity index (χ1n) is 7.24. The molecule has 0 radical (unpaired) electrons. The van der Waals surface area contributed by atoms with E-state index < -0.39 is 5.97 Å². The molecule has 6 nitrogen and oxygen atoms in total. The van der Waals surface area contributed by atoms with Gasteiger partial charge in [0, 0.05) is 0 Å². The van der Waals surface area contributed by atoms with E-state index in [1.54, 1.807) is 19.1 Å². The van der Waals surface area contributed by atoms with Crippen LogP contribution in [0.15, 0.2) is 36.9 Å². The number of hydrogen-bond acceptors (Lipinski definition) is 6. The van der Waals surface area contributed by atoms with Crippen molar-refractivity contribution >= 4 is 28.3 Å². The molecule has 0 saturated carbocycles. The molecule has 2 rings (SSSR count). The van der Waals surface area contributed by atoms with E-state index in [0.29, 0.717) is 21.5 Å². The molecule has 1 aromatic carbocycles. The van der Waals surface area contributed by atoms with Crippen molar-refractivity contribution in [3.8, 4) is 5.75 Å². The Balaban J connectivity index is 1.90. The number of nitrogens with zero attached hydrogens (tertiary/aromatic N) is 1. The highest BCUT2D eigenvalue weighted by Crippen LogP contribution is 2.23. The number of aryl methyl sites for hydroxylation is 2. The third-order valence-electron chi connectivity index (χ3n) is 2.95. The Labute approximate surface area is 144 Å². The van der Waals surface area contributed by atoms with E-state index >= 15 is 0 Å². The number of benzene rings is 1. The van der Waals surface area contributed by atoms with Crippen molar-refractivity contribution in [2.24, 2.45) is 0 Å². The van der Waals surface area contributed by atoms with Crippen LogP contribution >= 0.6 is 11.3 Å². The summed E-state index contributed by atoms with van der Waals surface area (Å²) in [4.78, 5) is 28.2. The zero-order chi connectivity index (χ0) is 17.5. The minimum Gasteiger partial charge on any atom is -0.484 e. The molecule has 0 aliphatic rings. The summed E-state index contributed by atoms with van der Waals surface area (Å²) in [6, 6.07) is 7.39. The van der Waals surface area contributed by atoms with Crippen molar-refractivity contribution < 1.29 is 19.1 Å². The first-order chi connectivity index (χ1) is 11.5. The van der Waals surface area contributed by atoms with E-state index in [1.807, 2.05) is 19.1 Å². The highest BCUT2D eigenvalue weighted by molar-refractivity contribution is 7.17. The summed E-state index contributed by atoms with van der Waals surface area (Å²) >= 11 is 1.06. The number of anilines is 1. The minimum atomic E-state index is -0.485. The molecule has 0 unspecified atom stereocenters. The van der Waals surface area contributed by atoms with Crippen LogP contribution in [-0.4, -0.2) is 30.1 Å². The summed E-state index contributed by atoms with van der Waals surface area (Å²) in [7, 11) is 0. The summed E-state index contributed by atoms with van der Waals surface area (Å²) in [6.07, 6.45) is 1.49. The van der Waals surface area contributed by atoms with Crippen molar-refractivity contribution in [3.63, 3.8) is 0 Å². The Morgan fingerprint density at radius 1 is 1.29 bits per heavy atom. The van der Waals surface area contributed by atoms with Gasteiger partial charge < -0.3 is 9.47 Å². The molecule has 0 bridgehead atoms. The maximum absolute atomic E-state index is 11.9. The lowest BCUT2D eigenvalue weighted by atomic mass is 10.2. The van der Waals surface area contributed by atoms with Crippen LogP contribution in [0.1, 0.15) is 20.9 Å². The van der Waals surface area contributed by atoms with E-state index in [1.165, 1.54) is 6.08 Å². The molecule has 1 N–H and O–H groups in total. The number of ether oxygens (including phenoxy) is 2. The lowest BCUT2D eigenvalue weighted by Crippen LogP contribution is -2.20. The number of thiazole rings is 1. The average Bonchev–Trinajstić information content (AvgIpc) is 2.92. The second-order valence-corrected chi connectivity index (χ2v) is 5.97. The molecule has 0 atom stereocenters. The van der Waals surface area contributed by atoms with Crippen molar-refractivity contribution in [1.29, 1.82) is 0 Å². The van der Waals surface area contributed by atoms with Gasteiger partial charge >= 0.3 is 5.97 Å². The summed E-state index contributed by atoms with van der Waals surface area (Å²) in [5, 5.41) is 2.94. The molecule has 126 valence electrons. The van der Waals surface area contributed by atoms with Gasteiger partial charge in [-0.2, -0.15) is 0 Å². The van der Waals surface area contributed by atoms with E-state index in [4.69, 9.17) is 9.47 Å². The second kappa shape index (κ2) is 8.26. The minimum absolute atomic E-state index is 0.127. The number of nitrogens with one attached hydrogen (secondary N) is 1. The van der Waals surface area contributed by atoms with Gasteiger partial charge in [-0.25, -0.2) is 9.78 Å². The first-order valence-corrected chi connectivity index (χ1v) is 8.06. The van der Waals surface area contributed by atoms with E-state index in [0.717, 1.165) is 16.9 Å². The predicted molar refractivity (Wildman–Crippen MR) is 92.6 cm³/mol. The Hall–Kier alpha value is -2.67. The topological polar surface area (TPSA) is 77.5 Å². The van der Waals surface area contributed by atoms with E-state index in [2.05, 4.69) is 16.9 Å². The highest BCUT2D eigenvalue weighted by atomic mass is 32.1. The summed E-state index contributed by atoms with van der Waals surface area (Å²) in [5.74, 6) is -0.226. The Morgan fingerprint density at radius 2 is 2.00 bits per heavy atom. The van der Waals surface area contributed by atoms with Crippen molar-refractivity contribution in [2.45, 2.75) is 13.8 Å². The van der Waals surface area contributed by atoms with Crippen molar-refractivity contribution in [2.75, 3.05) is 18.5 Å². The van der Waals surface area contributed by atoms with Crippen LogP contribution in [0.4, 0.5) is 5.13 Å². The average molecular weight is 346 g/mol. The summed E-state index contributed by atoms with van der Waals surface area (Å²) in [6.45, 7) is 7.12. The number of carbonyl (C=O) groups is 2. The van der Waals surface area contributed by atoms with Gasteiger partial charge in [-0.15, -0.1) is 0 Å². The molecule has 1 amide bonds. The summed E-state index contributed by atoms with van der Waals surface area (Å²) < 4.78 is 10.4. The Kier molecular flexibility index (Phi) is 6.08. The lowest BCUT2D eigenvalue weighted by molar-refractivity contribution is -0.118. The predicted octanol–water partition coefficient (Wildman–Crippen LogP) is 3.12. The molecule has 2 aromatic rings. The van der Waals surface area contributed by atoms with Crippen LogP contribution in [0, 0.1) is 13.8 Å². The number of aromatic nitrogens is 1. The molecule has 1 heterocycles. The molecule has 0 aliphatic heterocycles. The first kappa shape index (κ1) is 17.7. The van der Waals surface area contributed by atoms with Gasteiger partial charge in [-0.1, -0.05) is 41.7 Å². The number of hydrogen-bond donors (Lipinski definition) is 1. The van der Waals surface area contributed by atoms with Gasteiger partial charge in [0.25, 0.3) is 5.91 Å². The number of amides is 1. The Bertz CT molecular complexity index is 738. The number of rotatable bonds is 7. The highest BCUT2D eigenvalue weighted by Gasteiger charge is 2.17. The fourth-order valence-electron chi connectivity index (χ4n) is 1.78. The van der Waals surface area contributed by atoms with Gasteiger partial charge in [0.05, 0.1) is 5.69 Å². The fourth-order valence-corrected chi connectivity index (χ4v) is 2.65. The number of esters is 1. The van der Waals surface area contributed by atoms with Crippen molar-refractivity contribution in [1.82, 2.24) is 4.98 Å². The molecule has 7 heteroatoms. The van der Waals surface area contributed by atoms with Crippen LogP contribution in [0.5, 0.6) is 5.75 Å². The number of carbonyl (C=O) groups excluding carboxylic acids is 2.